The Morgan fingerprint density at radius 2 is 1.31 bits per heavy atom. The zero-order chi connectivity index (χ0) is 37.7. The van der Waals surface area contributed by atoms with E-state index in [4.69, 9.17) is 34.2 Å². The SMILES string of the molecule is NCC(=O)NC(=O)CCCCCCC(=O)NCCO[C@H]1O[C@H](CO[C@H]2O[C@H](CO)[C@@H](O)[C@H](O)[C@@H]2O)[C@@H](O)[C@H](OC2O[C@H](CO)C[C@H](O)[C@@H]2O)[C@@H]1O. The van der Waals surface area contributed by atoms with Gasteiger partial charge in [-0.3, -0.25) is 19.7 Å². The predicted molar refractivity (Wildman–Crippen MR) is 167 cm³/mol. The summed E-state index contributed by atoms with van der Waals surface area (Å²) in [6.07, 6.45) is -18.9. The molecule has 1 unspecified atom stereocenters. The molecule has 0 spiro atoms. The highest BCUT2D eigenvalue weighted by Crippen LogP contribution is 2.30. The van der Waals surface area contributed by atoms with Gasteiger partial charge in [0.2, 0.25) is 17.7 Å². The molecular formula is C30H53N3O18. The van der Waals surface area contributed by atoms with Crippen LogP contribution in [0.15, 0.2) is 0 Å². The van der Waals surface area contributed by atoms with Crippen molar-refractivity contribution in [2.75, 3.05) is 39.5 Å². The topological polar surface area (TPSA) is 339 Å². The van der Waals surface area contributed by atoms with Gasteiger partial charge in [-0.2, -0.15) is 0 Å². The maximum Gasteiger partial charge on any atom is 0.240 e. The second-order valence-corrected chi connectivity index (χ2v) is 12.6. The van der Waals surface area contributed by atoms with Gasteiger partial charge in [-0.1, -0.05) is 12.8 Å². The van der Waals surface area contributed by atoms with Crippen LogP contribution in [0, 0.1) is 0 Å². The fourth-order valence-electron chi connectivity index (χ4n) is 5.68. The van der Waals surface area contributed by atoms with Crippen LogP contribution >= 0.6 is 0 Å². The molecule has 0 aliphatic carbocycles. The Hall–Kier alpha value is -2.03. The first-order valence-electron chi connectivity index (χ1n) is 16.9. The first-order chi connectivity index (χ1) is 24.3. The molecule has 14 atom stereocenters. The lowest BCUT2D eigenvalue weighted by molar-refractivity contribution is -0.359. The summed E-state index contributed by atoms with van der Waals surface area (Å²) in [5.41, 5.74) is 5.15. The van der Waals surface area contributed by atoms with E-state index in [1.54, 1.807) is 0 Å². The molecule has 0 bridgehead atoms. The highest BCUT2D eigenvalue weighted by atomic mass is 16.7. The van der Waals surface area contributed by atoms with Crippen LogP contribution in [0.3, 0.4) is 0 Å². The summed E-state index contributed by atoms with van der Waals surface area (Å²) < 4.78 is 33.4. The van der Waals surface area contributed by atoms with E-state index < -0.39 is 118 Å². The van der Waals surface area contributed by atoms with E-state index in [2.05, 4.69) is 10.6 Å². The molecule has 3 saturated heterocycles. The molecule has 3 fully saturated rings. The molecule has 51 heavy (non-hydrogen) atoms. The first-order valence-corrected chi connectivity index (χ1v) is 16.9. The van der Waals surface area contributed by atoms with Crippen LogP contribution in [0.1, 0.15) is 44.9 Å². The molecule has 0 aromatic heterocycles. The highest BCUT2D eigenvalue weighted by molar-refractivity contribution is 5.95. The van der Waals surface area contributed by atoms with Crippen LogP contribution in [0.4, 0.5) is 0 Å². The summed E-state index contributed by atoms with van der Waals surface area (Å²) in [4.78, 5) is 35.0. The van der Waals surface area contributed by atoms with Gasteiger partial charge in [-0.15, -0.1) is 0 Å². The maximum absolute atomic E-state index is 12.3. The zero-order valence-electron chi connectivity index (χ0n) is 28.1. The number of hydrogen-bond donors (Lipinski definition) is 12. The molecule has 0 saturated carbocycles. The molecule has 3 amide bonds. The fraction of sp³-hybridized carbons (Fsp3) is 0.900. The number of amides is 3. The van der Waals surface area contributed by atoms with Gasteiger partial charge in [0.15, 0.2) is 18.9 Å². The number of imide groups is 1. The number of nitrogens with two attached hydrogens (primary N) is 1. The van der Waals surface area contributed by atoms with Gasteiger partial charge in [0.05, 0.1) is 45.2 Å². The van der Waals surface area contributed by atoms with Gasteiger partial charge < -0.3 is 85.4 Å². The zero-order valence-corrected chi connectivity index (χ0v) is 28.1. The van der Waals surface area contributed by atoms with E-state index in [0.717, 1.165) is 0 Å². The van der Waals surface area contributed by atoms with Crippen molar-refractivity contribution in [1.82, 2.24) is 10.6 Å². The third-order valence-electron chi connectivity index (χ3n) is 8.64. The average Bonchev–Trinajstić information content (AvgIpc) is 3.11. The Labute approximate surface area is 293 Å². The lowest BCUT2D eigenvalue weighted by atomic mass is 9.97. The minimum Gasteiger partial charge on any atom is -0.394 e. The molecule has 3 aliphatic rings. The van der Waals surface area contributed by atoms with E-state index in [9.17, 15) is 60.3 Å². The Balaban J connectivity index is 1.53. The Morgan fingerprint density at radius 1 is 0.667 bits per heavy atom. The maximum atomic E-state index is 12.3. The van der Waals surface area contributed by atoms with Crippen molar-refractivity contribution in [2.24, 2.45) is 5.73 Å². The lowest BCUT2D eigenvalue weighted by Crippen LogP contribution is -2.64. The third kappa shape index (κ3) is 12.8. The van der Waals surface area contributed by atoms with E-state index in [-0.39, 0.29) is 44.9 Å². The van der Waals surface area contributed by atoms with Crippen LogP contribution in [-0.4, -0.2) is 189 Å². The number of aliphatic hydroxyl groups is 9. The summed E-state index contributed by atoms with van der Waals surface area (Å²) in [5, 5.41) is 97.1. The Kier molecular flexibility index (Phi) is 18.4. The second kappa shape index (κ2) is 21.6. The normalized spacial score (nSPS) is 37.1. The van der Waals surface area contributed by atoms with Gasteiger partial charge in [0, 0.05) is 25.8 Å². The molecule has 3 aliphatic heterocycles. The molecule has 21 heteroatoms. The first kappa shape index (κ1) is 43.4. The largest absolute Gasteiger partial charge is 0.394 e. The van der Waals surface area contributed by atoms with Crippen molar-refractivity contribution in [1.29, 1.82) is 0 Å². The van der Waals surface area contributed by atoms with Crippen LogP contribution in [0.5, 0.6) is 0 Å². The van der Waals surface area contributed by atoms with Gasteiger partial charge >= 0.3 is 0 Å². The summed E-state index contributed by atoms with van der Waals surface area (Å²) in [6.45, 7) is -2.31. The predicted octanol–water partition coefficient (Wildman–Crippen LogP) is -6.46. The molecular weight excluding hydrogens is 690 g/mol. The number of aliphatic hydroxyl groups excluding tert-OH is 9. The van der Waals surface area contributed by atoms with Crippen LogP contribution < -0.4 is 16.4 Å². The number of carbonyl (C=O) groups is 3. The summed E-state index contributed by atoms with van der Waals surface area (Å²) in [7, 11) is 0. The second-order valence-electron chi connectivity index (χ2n) is 12.6. The van der Waals surface area contributed by atoms with Gasteiger partial charge in [-0.05, 0) is 12.8 Å². The van der Waals surface area contributed by atoms with Crippen molar-refractivity contribution >= 4 is 17.7 Å². The van der Waals surface area contributed by atoms with Crippen molar-refractivity contribution in [3.05, 3.63) is 0 Å². The summed E-state index contributed by atoms with van der Waals surface area (Å²) in [5.74, 6) is -1.26. The number of rotatable bonds is 19. The highest BCUT2D eigenvalue weighted by Gasteiger charge is 2.50. The van der Waals surface area contributed by atoms with E-state index >= 15 is 0 Å². The number of nitrogens with one attached hydrogen (secondary N) is 2. The average molecular weight is 744 g/mol. The van der Waals surface area contributed by atoms with Gasteiger partial charge in [-0.25, -0.2) is 0 Å². The smallest absolute Gasteiger partial charge is 0.240 e. The van der Waals surface area contributed by atoms with E-state index in [0.29, 0.717) is 25.7 Å². The summed E-state index contributed by atoms with van der Waals surface area (Å²) >= 11 is 0. The third-order valence-corrected chi connectivity index (χ3v) is 8.64. The van der Waals surface area contributed by atoms with Crippen molar-refractivity contribution in [2.45, 2.75) is 131 Å². The molecule has 3 rings (SSSR count). The number of carbonyl (C=O) groups excluding carboxylic acids is 3. The van der Waals surface area contributed by atoms with Crippen molar-refractivity contribution in [3.63, 3.8) is 0 Å². The minimum atomic E-state index is -1.76. The van der Waals surface area contributed by atoms with Gasteiger partial charge in [0.25, 0.3) is 0 Å². The Bertz CT molecular complexity index is 1080. The molecule has 0 aromatic rings. The minimum absolute atomic E-state index is 0.0182. The van der Waals surface area contributed by atoms with Gasteiger partial charge in [0.1, 0.15) is 54.9 Å². The molecule has 0 radical (unpaired) electrons. The molecule has 3 heterocycles. The molecule has 0 aromatic carbocycles. The van der Waals surface area contributed by atoms with Crippen LogP contribution in [0.2, 0.25) is 0 Å². The van der Waals surface area contributed by atoms with Crippen molar-refractivity contribution < 1.29 is 88.8 Å². The number of hydrogen-bond acceptors (Lipinski definition) is 19. The van der Waals surface area contributed by atoms with Crippen LogP contribution in [-0.2, 0) is 42.8 Å². The Morgan fingerprint density at radius 3 is 1.96 bits per heavy atom. The monoisotopic (exact) mass is 743 g/mol. The van der Waals surface area contributed by atoms with Crippen LogP contribution in [0.25, 0.3) is 0 Å². The summed E-state index contributed by atoms with van der Waals surface area (Å²) in [6, 6.07) is 0. The van der Waals surface area contributed by atoms with E-state index in [1.807, 2.05) is 0 Å². The standard InChI is InChI=1S/C30H53N3O18/c31-10-20(39)33-19(38)6-4-2-1-3-5-18(37)32-7-8-46-29-26(45)27(51-30-21(40)15(36)9-14(11-34)48-30)23(42)17(50-29)13-47-28-25(44)24(43)22(41)16(12-35)49-28/h14-17,21-30,34-36,40-45H,1-13,31H2,(H,32,37)(H,33,38,39)/t14-,15-,16+,17+,21-,22+,23+,24-,25-,26-,27-,28-,29-,30?/m0/s1. The number of unbranched alkanes of at least 4 members (excludes halogenated alkanes) is 3. The molecule has 296 valence electrons. The molecule has 13 N–H and O–H groups in total. The van der Waals surface area contributed by atoms with E-state index in [1.165, 1.54) is 0 Å². The molecule has 21 nitrogen and oxygen atoms in total. The quantitative estimate of drug-likeness (QED) is 0.0547. The fourth-order valence-corrected chi connectivity index (χ4v) is 5.68. The number of ether oxygens (including phenoxy) is 6. The lowest BCUT2D eigenvalue weighted by Gasteiger charge is -2.46. The van der Waals surface area contributed by atoms with Crippen molar-refractivity contribution in [3.8, 4) is 0 Å².